The molecule has 3 aliphatic rings. The molecule has 0 aliphatic carbocycles. The molecule has 3 fully saturated rings. The second-order valence-electron chi connectivity index (χ2n) is 20.8. The van der Waals surface area contributed by atoms with E-state index in [0.29, 0.717) is 66.3 Å². The molecular weight excluding hydrogens is 1030 g/mol. The molecule has 20 heteroatoms. The van der Waals surface area contributed by atoms with Crippen molar-refractivity contribution >= 4 is 52.4 Å². The second-order valence-corrected chi connectivity index (χ2v) is 20.8. The molecule has 424 valence electrons. The fourth-order valence-corrected chi connectivity index (χ4v) is 10.7. The third-order valence-corrected chi connectivity index (χ3v) is 15.1. The number of carbonyl (C=O) groups excluding carboxylic acids is 7. The van der Waals surface area contributed by atoms with Crippen LogP contribution in [0.4, 0.5) is 4.79 Å². The summed E-state index contributed by atoms with van der Waals surface area (Å²) in [5, 5.41) is 21.4. The third kappa shape index (κ3) is 15.1. The molecule has 7 amide bonds. The van der Waals surface area contributed by atoms with Crippen molar-refractivity contribution in [2.24, 2.45) is 11.7 Å². The van der Waals surface area contributed by atoms with E-state index in [2.05, 4.69) is 42.2 Å². The highest BCUT2D eigenvalue weighted by molar-refractivity contribution is 5.99. The lowest BCUT2D eigenvalue weighted by Crippen LogP contribution is -2.61. The van der Waals surface area contributed by atoms with Crippen molar-refractivity contribution < 1.29 is 47.8 Å². The summed E-state index contributed by atoms with van der Waals surface area (Å²) in [7, 11) is 1.54. The van der Waals surface area contributed by atoms with Crippen molar-refractivity contribution in [3.05, 3.63) is 167 Å². The number of ether oxygens (including phenoxy) is 3. The van der Waals surface area contributed by atoms with E-state index in [1.165, 1.54) is 4.90 Å². The van der Waals surface area contributed by atoms with Gasteiger partial charge in [-0.1, -0.05) is 103 Å². The molecule has 3 saturated heterocycles. The van der Waals surface area contributed by atoms with E-state index < -0.39 is 83.9 Å². The summed E-state index contributed by atoms with van der Waals surface area (Å²) in [5.74, 6) is -3.14. The summed E-state index contributed by atoms with van der Waals surface area (Å²) in [5.41, 5.74) is 9.69. The Morgan fingerprint density at radius 3 is 1.93 bits per heavy atom. The predicted octanol–water partition coefficient (Wildman–Crippen LogP) is 3.64. The molecule has 9 rings (SSSR count). The van der Waals surface area contributed by atoms with Gasteiger partial charge in [0.1, 0.15) is 60.5 Å². The van der Waals surface area contributed by atoms with Gasteiger partial charge in [0.2, 0.25) is 35.4 Å². The Balaban J connectivity index is 1.12. The maximum atomic E-state index is 15.4. The number of nitrogens with one attached hydrogen (secondary N) is 8. The van der Waals surface area contributed by atoms with E-state index in [1.807, 2.05) is 48.5 Å². The minimum absolute atomic E-state index is 0.0107. The van der Waals surface area contributed by atoms with Crippen LogP contribution >= 0.6 is 0 Å². The van der Waals surface area contributed by atoms with E-state index in [1.54, 1.807) is 98.2 Å². The molecule has 0 spiro atoms. The zero-order valence-corrected chi connectivity index (χ0v) is 45.2. The number of benzene rings is 5. The molecule has 0 bridgehead atoms. The number of carbonyl (C=O) groups is 7. The topological polar surface area (TPSA) is 276 Å². The molecule has 4 heterocycles. The average Bonchev–Trinajstić information content (AvgIpc) is 4.23. The molecule has 81 heavy (non-hydrogen) atoms. The first-order valence-corrected chi connectivity index (χ1v) is 27.6. The van der Waals surface area contributed by atoms with Crippen LogP contribution in [0.1, 0.15) is 59.5 Å². The number of fused-ring (bicyclic) bond motifs is 2. The van der Waals surface area contributed by atoms with Crippen LogP contribution in [0.3, 0.4) is 0 Å². The quantitative estimate of drug-likeness (QED) is 0.0673. The smallest absolute Gasteiger partial charge is 0.407 e. The van der Waals surface area contributed by atoms with Crippen molar-refractivity contribution in [2.75, 3.05) is 39.8 Å². The Morgan fingerprint density at radius 2 is 1.23 bits per heavy atom. The van der Waals surface area contributed by atoms with Gasteiger partial charge in [-0.25, -0.2) is 4.79 Å². The van der Waals surface area contributed by atoms with Crippen LogP contribution in [0.5, 0.6) is 11.5 Å². The van der Waals surface area contributed by atoms with Crippen molar-refractivity contribution in [2.45, 2.75) is 93.9 Å². The van der Waals surface area contributed by atoms with Gasteiger partial charge in [-0.2, -0.15) is 0 Å². The Hall–Kier alpha value is -8.75. The summed E-state index contributed by atoms with van der Waals surface area (Å²) in [6.45, 7) is 1.69. The highest BCUT2D eigenvalue weighted by atomic mass is 16.6. The highest BCUT2D eigenvalue weighted by Crippen LogP contribution is 2.28. The third-order valence-electron chi connectivity index (χ3n) is 15.1. The predicted molar refractivity (Wildman–Crippen MR) is 302 cm³/mol. The number of hydrogen-bond donors (Lipinski definition) is 9. The summed E-state index contributed by atoms with van der Waals surface area (Å²) in [4.78, 5) is 109. The van der Waals surface area contributed by atoms with Crippen molar-refractivity contribution in [1.82, 2.24) is 47.1 Å². The van der Waals surface area contributed by atoms with Crippen LogP contribution in [0.2, 0.25) is 0 Å². The molecule has 5 aromatic carbocycles. The summed E-state index contributed by atoms with van der Waals surface area (Å²) in [6, 6.07) is 31.7. The fraction of sp³-hybridized carbons (Fsp3) is 0.361. The number of amides is 7. The molecule has 7 atom stereocenters. The molecule has 2 unspecified atom stereocenters. The molecular formula is C61H70N10O10. The number of alkyl carbamates (subject to hydrolysis) is 1. The van der Waals surface area contributed by atoms with Gasteiger partial charge in [-0.05, 0) is 96.4 Å². The Morgan fingerprint density at radius 1 is 0.642 bits per heavy atom. The number of aromatic nitrogens is 1. The lowest BCUT2D eigenvalue weighted by atomic mass is 9.90. The molecule has 10 N–H and O–H groups in total. The van der Waals surface area contributed by atoms with E-state index in [-0.39, 0.29) is 57.7 Å². The van der Waals surface area contributed by atoms with Gasteiger partial charge >= 0.3 is 6.09 Å². The maximum Gasteiger partial charge on any atom is 0.407 e. The summed E-state index contributed by atoms with van der Waals surface area (Å²) >= 11 is 0. The van der Waals surface area contributed by atoms with E-state index in [9.17, 15) is 4.79 Å². The first-order chi connectivity index (χ1) is 39.4. The number of piperidine rings is 1. The number of hydrogen-bond acceptors (Lipinski definition) is 12. The van der Waals surface area contributed by atoms with Gasteiger partial charge in [0, 0.05) is 55.9 Å². The number of nitrogens with zero attached hydrogens (tertiary/aromatic N) is 1. The van der Waals surface area contributed by atoms with Crippen LogP contribution in [-0.4, -0.2) is 128 Å². The summed E-state index contributed by atoms with van der Waals surface area (Å²) < 4.78 is 17.4. The van der Waals surface area contributed by atoms with E-state index in [4.69, 9.17) is 19.9 Å². The van der Waals surface area contributed by atoms with E-state index >= 15 is 28.8 Å². The number of nitrogens with two attached hydrogens (primary N) is 1. The average molecular weight is 1100 g/mol. The molecule has 0 saturated carbocycles. The fourth-order valence-electron chi connectivity index (χ4n) is 10.7. The largest absolute Gasteiger partial charge is 0.497 e. The Kier molecular flexibility index (Phi) is 19.3. The molecule has 6 aromatic rings. The molecule has 0 radical (unpaired) electrons. The van der Waals surface area contributed by atoms with Crippen LogP contribution in [0.15, 0.2) is 140 Å². The Bertz CT molecular complexity index is 3120. The van der Waals surface area contributed by atoms with Crippen LogP contribution in [-0.2, 0) is 59.4 Å². The van der Waals surface area contributed by atoms with Gasteiger partial charge in [0.15, 0.2) is 0 Å². The van der Waals surface area contributed by atoms with Gasteiger partial charge in [0.05, 0.1) is 13.7 Å². The zero-order valence-electron chi connectivity index (χ0n) is 45.2. The SMILES string of the molecule is COc1ccc2[nH]cc(C[C@H]3NC(=O)[C@H](c4ccccc4)NC(=O)[C@@H]4C[C@@H](OC(=O)NCCN)CN4C(=O)C(Cc4ccccc4)NC(=O)[C@H](Cc4ccc(OCc5ccccc5)cc4)NC(=O)C(CC4CCNCC4)NC3=O)c2c1. The first kappa shape index (κ1) is 57.0. The molecule has 20 nitrogen and oxygen atoms in total. The van der Waals surface area contributed by atoms with Crippen LogP contribution in [0.25, 0.3) is 10.9 Å². The normalized spacial score (nSPS) is 22.4. The zero-order chi connectivity index (χ0) is 56.7. The highest BCUT2D eigenvalue weighted by Gasteiger charge is 2.45. The minimum Gasteiger partial charge on any atom is -0.497 e. The molecule has 3 aliphatic heterocycles. The van der Waals surface area contributed by atoms with Gasteiger partial charge in [-0.15, -0.1) is 0 Å². The standard InChI is InChI=1S/C61H70N10O10/c1-79-45-21-22-48-47(33-45)43(35-65-48)32-51-57(74)67-50(30-40-23-26-63-27-24-40)55(72)66-49(29-39-17-19-44(20-18-39)80-37-41-13-7-3-8-14-41)56(73)69-52(31-38-11-5-2-6-12-38)60(77)71-36-46(81-61(78)64-28-25-62)34-53(71)58(75)70-54(59(76)68-51)42-15-9-4-10-16-42/h2-22,33,35,40,46,49-54,63,65H,23-32,34,36-37,62H2,1H3,(H,64,78)(H,66,72)(H,67,74)(H,68,76)(H,69,73)(H,70,75)/t46-,49+,50?,51-,52?,53+,54+/m1/s1. The maximum absolute atomic E-state index is 15.4. The number of aromatic amines is 1. The van der Waals surface area contributed by atoms with Gasteiger partial charge in [0.25, 0.3) is 0 Å². The minimum atomic E-state index is -1.43. The Labute approximate surface area is 470 Å². The van der Waals surface area contributed by atoms with Crippen molar-refractivity contribution in [1.29, 1.82) is 0 Å². The van der Waals surface area contributed by atoms with Gasteiger partial charge in [-0.3, -0.25) is 28.8 Å². The number of rotatable bonds is 16. The van der Waals surface area contributed by atoms with Crippen molar-refractivity contribution in [3.8, 4) is 11.5 Å². The number of methoxy groups -OCH3 is 1. The monoisotopic (exact) mass is 1100 g/mol. The molecule has 1 aromatic heterocycles. The summed E-state index contributed by atoms with van der Waals surface area (Å²) in [6.07, 6.45) is 1.19. The van der Waals surface area contributed by atoms with Crippen LogP contribution in [0, 0.1) is 5.92 Å². The first-order valence-electron chi connectivity index (χ1n) is 27.6. The lowest BCUT2D eigenvalue weighted by molar-refractivity contribution is -0.143. The lowest BCUT2D eigenvalue weighted by Gasteiger charge is -2.32. The van der Waals surface area contributed by atoms with Gasteiger partial charge < -0.3 is 67.0 Å². The van der Waals surface area contributed by atoms with Crippen LogP contribution < -0.4 is 52.4 Å². The number of H-pyrrole nitrogens is 1. The second kappa shape index (κ2) is 27.4. The van der Waals surface area contributed by atoms with Crippen molar-refractivity contribution in [3.63, 3.8) is 0 Å². The van der Waals surface area contributed by atoms with E-state index in [0.717, 1.165) is 16.5 Å².